The van der Waals surface area contributed by atoms with E-state index in [0.29, 0.717) is 23.1 Å². The number of phenols is 1. The molecule has 152 valence electrons. The summed E-state index contributed by atoms with van der Waals surface area (Å²) in [4.78, 5) is 31.3. The number of rotatable bonds is 4. The molecular weight excluding hydrogens is 433 g/mol. The van der Waals surface area contributed by atoms with Gasteiger partial charge in [-0.2, -0.15) is 0 Å². The lowest BCUT2D eigenvalue weighted by Crippen LogP contribution is -2.45. The summed E-state index contributed by atoms with van der Waals surface area (Å²) in [6.07, 6.45) is 0.0757. The number of anilines is 1. The van der Waals surface area contributed by atoms with Crippen LogP contribution in [0.15, 0.2) is 41.4 Å². The Bertz CT molecular complexity index is 974. The Kier molecular flexibility index (Phi) is 6.72. The molecule has 1 heterocycles. The van der Waals surface area contributed by atoms with E-state index in [2.05, 4.69) is 10.3 Å². The van der Waals surface area contributed by atoms with Crippen LogP contribution in [-0.2, 0) is 9.59 Å². The molecule has 0 aliphatic carbocycles. The van der Waals surface area contributed by atoms with E-state index in [1.165, 1.54) is 28.8 Å². The molecule has 2 aromatic carbocycles. The van der Waals surface area contributed by atoms with Crippen molar-refractivity contribution >= 4 is 63.3 Å². The van der Waals surface area contributed by atoms with Crippen LogP contribution in [0.1, 0.15) is 18.9 Å². The average molecular weight is 452 g/mol. The molecule has 0 saturated carbocycles. The highest BCUT2D eigenvalue weighted by molar-refractivity contribution is 8.15. The van der Waals surface area contributed by atoms with Crippen molar-refractivity contribution in [1.29, 1.82) is 0 Å². The quantitative estimate of drug-likeness (QED) is 0.685. The molecule has 1 saturated heterocycles. The molecule has 2 N–H and O–H groups in total. The lowest BCUT2D eigenvalue weighted by molar-refractivity contribution is -0.129. The molecule has 1 atom stereocenters. The number of hydrogen-bond acceptors (Lipinski definition) is 5. The summed E-state index contributed by atoms with van der Waals surface area (Å²) in [6, 6.07) is 10.4. The first-order valence-electron chi connectivity index (χ1n) is 8.89. The van der Waals surface area contributed by atoms with Crippen LogP contribution in [0.4, 0.5) is 11.4 Å². The number of carbonyl (C=O) groups is 2. The molecule has 1 aliphatic rings. The van der Waals surface area contributed by atoms with Gasteiger partial charge in [-0.15, -0.1) is 0 Å². The number of aromatic hydroxyl groups is 1. The number of amides is 2. The minimum absolute atomic E-state index is 0.0563. The van der Waals surface area contributed by atoms with Crippen LogP contribution in [-0.4, -0.2) is 38.8 Å². The molecule has 0 spiro atoms. The van der Waals surface area contributed by atoms with E-state index < -0.39 is 5.25 Å². The van der Waals surface area contributed by atoms with Crippen molar-refractivity contribution in [2.24, 2.45) is 4.99 Å². The molecule has 2 aromatic rings. The van der Waals surface area contributed by atoms with Gasteiger partial charge in [0.05, 0.1) is 15.7 Å². The number of carbonyl (C=O) groups excluding carboxylic acids is 2. The smallest absolute Gasteiger partial charge is 0.238 e. The molecule has 3 rings (SSSR count). The number of halogens is 2. The lowest BCUT2D eigenvalue weighted by atomic mass is 10.2. The third kappa shape index (κ3) is 5.04. The molecule has 2 amide bonds. The fraction of sp³-hybridized carbons (Fsp3) is 0.250. The molecule has 0 aromatic heterocycles. The van der Waals surface area contributed by atoms with Gasteiger partial charge in [-0.05, 0) is 43.7 Å². The molecule has 0 radical (unpaired) electrons. The summed E-state index contributed by atoms with van der Waals surface area (Å²) in [5, 5.41) is 12.4. The number of nitrogens with zero attached hydrogens (tertiary/aromatic N) is 2. The standard InChI is InChI=1S/C20H19Cl2N3O3S/c1-3-25-17(26)10-16(19(28)23-12-6-4-5-11(2)7-12)29-20(25)24-13-8-14(21)18(27)15(22)9-13/h4-9,16,27H,3,10H2,1-2H3,(H,23,28). The van der Waals surface area contributed by atoms with Gasteiger partial charge in [0, 0.05) is 18.7 Å². The number of thioether (sulfide) groups is 1. The van der Waals surface area contributed by atoms with Crippen molar-refractivity contribution in [1.82, 2.24) is 4.90 Å². The first-order chi connectivity index (χ1) is 13.8. The van der Waals surface area contributed by atoms with Crippen molar-refractivity contribution in [2.45, 2.75) is 25.5 Å². The number of aryl methyl sites for hydroxylation is 1. The van der Waals surface area contributed by atoms with Crippen LogP contribution in [0.25, 0.3) is 0 Å². The number of phenolic OH excluding ortho intramolecular Hbond substituents is 1. The van der Waals surface area contributed by atoms with Crippen molar-refractivity contribution in [3.63, 3.8) is 0 Å². The maximum atomic E-state index is 12.7. The van der Waals surface area contributed by atoms with Crippen LogP contribution in [0.3, 0.4) is 0 Å². The van der Waals surface area contributed by atoms with E-state index in [-0.39, 0.29) is 34.0 Å². The van der Waals surface area contributed by atoms with Crippen molar-refractivity contribution in [3.8, 4) is 5.75 Å². The molecule has 1 aliphatic heterocycles. The highest BCUT2D eigenvalue weighted by Gasteiger charge is 2.35. The highest BCUT2D eigenvalue weighted by atomic mass is 35.5. The average Bonchev–Trinajstić information content (AvgIpc) is 2.66. The van der Waals surface area contributed by atoms with Gasteiger partial charge in [0.1, 0.15) is 5.25 Å². The summed E-state index contributed by atoms with van der Waals surface area (Å²) < 4.78 is 0. The summed E-state index contributed by atoms with van der Waals surface area (Å²) in [7, 11) is 0. The fourth-order valence-electron chi connectivity index (χ4n) is 2.83. The predicted octanol–water partition coefficient (Wildman–Crippen LogP) is 4.99. The van der Waals surface area contributed by atoms with E-state index in [1.807, 2.05) is 32.0 Å². The topological polar surface area (TPSA) is 82.0 Å². The molecule has 6 nitrogen and oxygen atoms in total. The Hall–Kier alpha value is -2.22. The highest BCUT2D eigenvalue weighted by Crippen LogP contribution is 2.37. The van der Waals surface area contributed by atoms with E-state index in [4.69, 9.17) is 23.2 Å². The van der Waals surface area contributed by atoms with Crippen LogP contribution in [0.2, 0.25) is 10.0 Å². The summed E-state index contributed by atoms with van der Waals surface area (Å²) >= 11 is 13.1. The van der Waals surface area contributed by atoms with Gasteiger partial charge in [0.15, 0.2) is 10.9 Å². The SMILES string of the molecule is CCN1C(=O)CC(C(=O)Nc2cccc(C)c2)SC1=Nc1cc(Cl)c(O)c(Cl)c1. The molecule has 1 unspecified atom stereocenters. The van der Waals surface area contributed by atoms with E-state index in [0.717, 1.165) is 5.56 Å². The predicted molar refractivity (Wildman–Crippen MR) is 118 cm³/mol. The third-order valence-corrected chi connectivity index (χ3v) is 6.02. The Morgan fingerprint density at radius 3 is 2.62 bits per heavy atom. The first-order valence-corrected chi connectivity index (χ1v) is 10.5. The van der Waals surface area contributed by atoms with Crippen molar-refractivity contribution in [2.75, 3.05) is 11.9 Å². The number of benzene rings is 2. The van der Waals surface area contributed by atoms with Gasteiger partial charge < -0.3 is 10.4 Å². The first kappa shape index (κ1) is 21.5. The summed E-state index contributed by atoms with van der Waals surface area (Å²) in [5.74, 6) is -0.683. The number of nitrogens with one attached hydrogen (secondary N) is 1. The Morgan fingerprint density at radius 1 is 1.31 bits per heavy atom. The van der Waals surface area contributed by atoms with Crippen molar-refractivity contribution in [3.05, 3.63) is 52.0 Å². The largest absolute Gasteiger partial charge is 0.505 e. The number of aliphatic imine (C=N–C) groups is 1. The van der Waals surface area contributed by atoms with Crippen molar-refractivity contribution < 1.29 is 14.7 Å². The van der Waals surface area contributed by atoms with Gasteiger partial charge >= 0.3 is 0 Å². The summed E-state index contributed by atoms with van der Waals surface area (Å²) in [6.45, 7) is 4.18. The second-order valence-corrected chi connectivity index (χ2v) is 8.44. The van der Waals surface area contributed by atoms with E-state index in [9.17, 15) is 14.7 Å². The van der Waals surface area contributed by atoms with Crippen LogP contribution in [0, 0.1) is 6.92 Å². The second-order valence-electron chi connectivity index (χ2n) is 6.46. The molecule has 29 heavy (non-hydrogen) atoms. The van der Waals surface area contributed by atoms with Gasteiger partial charge in [-0.1, -0.05) is 47.1 Å². The molecule has 0 bridgehead atoms. The van der Waals surface area contributed by atoms with Crippen LogP contribution >= 0.6 is 35.0 Å². The zero-order valence-electron chi connectivity index (χ0n) is 15.8. The number of amidine groups is 1. The monoisotopic (exact) mass is 451 g/mol. The van der Waals surface area contributed by atoms with Gasteiger partial charge in [-0.25, -0.2) is 4.99 Å². The Balaban J connectivity index is 1.86. The maximum absolute atomic E-state index is 12.7. The minimum atomic E-state index is -0.618. The van der Waals surface area contributed by atoms with Crippen LogP contribution < -0.4 is 5.32 Å². The van der Waals surface area contributed by atoms with E-state index in [1.54, 1.807) is 6.07 Å². The zero-order valence-corrected chi connectivity index (χ0v) is 18.1. The van der Waals surface area contributed by atoms with Crippen LogP contribution in [0.5, 0.6) is 5.75 Å². The Labute approximate surface area is 182 Å². The summed E-state index contributed by atoms with van der Waals surface area (Å²) in [5.41, 5.74) is 2.08. The Morgan fingerprint density at radius 2 is 2.00 bits per heavy atom. The van der Waals surface area contributed by atoms with E-state index >= 15 is 0 Å². The fourth-order valence-corrected chi connectivity index (χ4v) is 4.46. The third-order valence-electron chi connectivity index (χ3n) is 4.26. The normalized spacial score (nSPS) is 18.2. The second kappa shape index (κ2) is 9.07. The lowest BCUT2D eigenvalue weighted by Gasteiger charge is -2.31. The zero-order chi connectivity index (χ0) is 21.1. The molecular formula is C20H19Cl2N3O3S. The minimum Gasteiger partial charge on any atom is -0.505 e. The van der Waals surface area contributed by atoms with Gasteiger partial charge in [0.25, 0.3) is 0 Å². The van der Waals surface area contributed by atoms with Gasteiger partial charge in [0.2, 0.25) is 11.8 Å². The molecule has 9 heteroatoms. The van der Waals surface area contributed by atoms with Gasteiger partial charge in [-0.3, -0.25) is 14.5 Å². The maximum Gasteiger partial charge on any atom is 0.238 e. The number of hydrogen-bond donors (Lipinski definition) is 2. The molecule has 1 fully saturated rings.